The molecule has 0 radical (unpaired) electrons. The molecule has 1 heterocycles. The Morgan fingerprint density at radius 3 is 2.22 bits per heavy atom. The van der Waals surface area contributed by atoms with E-state index < -0.39 is 11.6 Å². The van der Waals surface area contributed by atoms with Gasteiger partial charge in [-0.3, -0.25) is 9.59 Å². The van der Waals surface area contributed by atoms with Crippen LogP contribution in [-0.4, -0.2) is 59.4 Å². The molecule has 2 aliphatic rings. The number of hydrogen-bond donors (Lipinski definition) is 1. The third-order valence-corrected chi connectivity index (χ3v) is 5.55. The Kier molecular flexibility index (Phi) is 7.12. The van der Waals surface area contributed by atoms with E-state index in [9.17, 15) is 9.59 Å². The maximum Gasteiger partial charge on any atom is 0.263 e. The Balaban J connectivity index is 0.00000261. The zero-order chi connectivity index (χ0) is 18.7. The highest BCUT2D eigenvalue weighted by molar-refractivity contribution is 5.87. The zero-order valence-corrected chi connectivity index (χ0v) is 17.0. The lowest BCUT2D eigenvalue weighted by atomic mass is 9.97. The van der Waals surface area contributed by atoms with E-state index in [0.717, 1.165) is 37.0 Å². The maximum atomic E-state index is 12.7. The monoisotopic (exact) mass is 395 g/mol. The first-order valence-corrected chi connectivity index (χ1v) is 9.50. The molecule has 1 aromatic carbocycles. The van der Waals surface area contributed by atoms with Crippen LogP contribution in [0.5, 0.6) is 5.75 Å². The second kappa shape index (κ2) is 8.93. The van der Waals surface area contributed by atoms with Crippen molar-refractivity contribution in [2.24, 2.45) is 5.73 Å². The summed E-state index contributed by atoms with van der Waals surface area (Å²) in [4.78, 5) is 29.0. The van der Waals surface area contributed by atoms with Crippen molar-refractivity contribution < 1.29 is 14.3 Å². The highest BCUT2D eigenvalue weighted by Gasteiger charge is 2.41. The van der Waals surface area contributed by atoms with E-state index in [2.05, 4.69) is 0 Å². The van der Waals surface area contributed by atoms with Gasteiger partial charge in [-0.05, 0) is 38.3 Å². The summed E-state index contributed by atoms with van der Waals surface area (Å²) in [6.07, 6.45) is 3.04. The highest BCUT2D eigenvalue weighted by atomic mass is 35.5. The van der Waals surface area contributed by atoms with E-state index in [-0.39, 0.29) is 24.2 Å². The summed E-state index contributed by atoms with van der Waals surface area (Å²) in [5, 5.41) is 0. The first kappa shape index (κ1) is 21.5. The number of carbonyl (C=O) groups excluding carboxylic acids is 2. The van der Waals surface area contributed by atoms with E-state index in [1.54, 1.807) is 11.8 Å². The molecule has 0 aromatic heterocycles. The minimum atomic E-state index is -0.687. The number of nitrogens with zero attached hydrogens (tertiary/aromatic N) is 2. The van der Waals surface area contributed by atoms with Gasteiger partial charge in [0, 0.05) is 26.2 Å². The van der Waals surface area contributed by atoms with Gasteiger partial charge >= 0.3 is 0 Å². The molecule has 1 aromatic rings. The number of benzene rings is 1. The molecule has 27 heavy (non-hydrogen) atoms. The van der Waals surface area contributed by atoms with Gasteiger partial charge in [0.1, 0.15) is 5.75 Å². The number of ether oxygens (including phenoxy) is 1. The van der Waals surface area contributed by atoms with Gasteiger partial charge in [-0.25, -0.2) is 0 Å². The van der Waals surface area contributed by atoms with Crippen molar-refractivity contribution in [3.8, 4) is 5.75 Å². The Labute approximate surface area is 167 Å². The molecule has 1 unspecified atom stereocenters. The molecule has 2 amide bonds. The lowest BCUT2D eigenvalue weighted by molar-refractivity contribution is -0.146. The molecule has 1 aliphatic heterocycles. The molecule has 1 saturated carbocycles. The van der Waals surface area contributed by atoms with Gasteiger partial charge in [0.25, 0.3) is 5.91 Å². The number of amides is 2. The van der Waals surface area contributed by atoms with Crippen LogP contribution < -0.4 is 10.5 Å². The molecule has 3 rings (SSSR count). The number of para-hydroxylation sites is 1. The number of rotatable bonds is 4. The van der Waals surface area contributed by atoms with E-state index >= 15 is 0 Å². The fraction of sp³-hybridized carbons (Fsp3) is 0.600. The Morgan fingerprint density at radius 2 is 1.63 bits per heavy atom. The predicted octanol–water partition coefficient (Wildman–Crippen LogP) is 2.13. The van der Waals surface area contributed by atoms with Crippen LogP contribution in [0.4, 0.5) is 0 Å². The van der Waals surface area contributed by atoms with E-state index in [1.165, 1.54) is 0 Å². The fourth-order valence-corrected chi connectivity index (χ4v) is 3.85. The second-order valence-corrected chi connectivity index (χ2v) is 7.51. The number of piperazine rings is 1. The van der Waals surface area contributed by atoms with Crippen LogP contribution in [0.1, 0.15) is 38.2 Å². The Bertz CT molecular complexity index is 668. The summed E-state index contributed by atoms with van der Waals surface area (Å²) >= 11 is 0. The summed E-state index contributed by atoms with van der Waals surface area (Å²) < 4.78 is 5.84. The number of nitrogens with two attached hydrogens (primary N) is 1. The van der Waals surface area contributed by atoms with E-state index in [4.69, 9.17) is 10.5 Å². The number of carbonyl (C=O) groups is 2. The van der Waals surface area contributed by atoms with Gasteiger partial charge in [0.15, 0.2) is 6.10 Å². The first-order chi connectivity index (χ1) is 12.4. The molecule has 1 aliphatic carbocycles. The van der Waals surface area contributed by atoms with E-state index in [1.807, 2.05) is 36.1 Å². The minimum Gasteiger partial charge on any atom is -0.481 e. The lowest BCUT2D eigenvalue weighted by Crippen LogP contribution is -2.59. The first-order valence-electron chi connectivity index (χ1n) is 9.50. The van der Waals surface area contributed by atoms with Crippen molar-refractivity contribution in [2.75, 3.05) is 26.2 Å². The Hall–Kier alpha value is -1.79. The zero-order valence-electron chi connectivity index (χ0n) is 16.1. The maximum absolute atomic E-state index is 12.7. The van der Waals surface area contributed by atoms with Crippen molar-refractivity contribution in [3.63, 3.8) is 0 Å². The average Bonchev–Trinajstić information content (AvgIpc) is 3.10. The van der Waals surface area contributed by atoms with Gasteiger partial charge in [0.2, 0.25) is 5.91 Å². The minimum absolute atomic E-state index is 0. The summed E-state index contributed by atoms with van der Waals surface area (Å²) in [6, 6.07) is 7.68. The topological polar surface area (TPSA) is 75.9 Å². The molecule has 0 spiro atoms. The van der Waals surface area contributed by atoms with Gasteiger partial charge in [0.05, 0.1) is 5.54 Å². The second-order valence-electron chi connectivity index (χ2n) is 7.51. The normalized spacial score (nSPS) is 20.0. The smallest absolute Gasteiger partial charge is 0.263 e. The van der Waals surface area contributed by atoms with Crippen LogP contribution >= 0.6 is 12.4 Å². The average molecular weight is 396 g/mol. The number of aryl methyl sites for hydroxylation is 1. The molecule has 7 heteroatoms. The Morgan fingerprint density at radius 1 is 1.07 bits per heavy atom. The van der Waals surface area contributed by atoms with Crippen molar-refractivity contribution in [1.29, 1.82) is 0 Å². The summed E-state index contributed by atoms with van der Waals surface area (Å²) in [5.74, 6) is 0.739. The molecular formula is C20H30ClN3O3. The van der Waals surface area contributed by atoms with Crippen LogP contribution in [-0.2, 0) is 9.59 Å². The molecule has 0 bridgehead atoms. The van der Waals surface area contributed by atoms with Gasteiger partial charge in [-0.2, -0.15) is 0 Å². The standard InChI is InChI=1S/C20H29N3O3.ClH/c1-15-7-3-4-8-17(15)26-16(2)18(24)22-11-13-23(14-12-22)19(25)20(21)9-5-6-10-20;/h3-4,7-8,16H,5-6,9-14,21H2,1-2H3;1H. The van der Waals surface area contributed by atoms with Crippen LogP contribution in [0, 0.1) is 6.92 Å². The molecule has 2 N–H and O–H groups in total. The highest BCUT2D eigenvalue weighted by Crippen LogP contribution is 2.29. The summed E-state index contributed by atoms with van der Waals surface area (Å²) in [6.45, 7) is 5.88. The fourth-order valence-electron chi connectivity index (χ4n) is 3.85. The summed E-state index contributed by atoms with van der Waals surface area (Å²) in [7, 11) is 0. The van der Waals surface area contributed by atoms with Gasteiger partial charge < -0.3 is 20.3 Å². The van der Waals surface area contributed by atoms with Crippen LogP contribution in [0.3, 0.4) is 0 Å². The van der Waals surface area contributed by atoms with Gasteiger partial charge in [-0.15, -0.1) is 12.4 Å². The third kappa shape index (κ3) is 4.74. The SMILES string of the molecule is Cc1ccccc1OC(C)C(=O)N1CCN(C(=O)C2(N)CCCC2)CC1.Cl. The molecule has 1 saturated heterocycles. The third-order valence-electron chi connectivity index (χ3n) is 5.55. The van der Waals surface area contributed by atoms with E-state index in [0.29, 0.717) is 26.2 Å². The number of hydrogen-bond acceptors (Lipinski definition) is 4. The molecule has 1 atom stereocenters. The molecular weight excluding hydrogens is 366 g/mol. The van der Waals surface area contributed by atoms with Crippen LogP contribution in [0.15, 0.2) is 24.3 Å². The number of halogens is 1. The van der Waals surface area contributed by atoms with Crippen molar-refractivity contribution in [1.82, 2.24) is 9.80 Å². The molecule has 150 valence electrons. The molecule has 6 nitrogen and oxygen atoms in total. The van der Waals surface area contributed by atoms with Crippen molar-refractivity contribution in [3.05, 3.63) is 29.8 Å². The molecule has 2 fully saturated rings. The van der Waals surface area contributed by atoms with Gasteiger partial charge in [-0.1, -0.05) is 31.0 Å². The predicted molar refractivity (Wildman–Crippen MR) is 107 cm³/mol. The van der Waals surface area contributed by atoms with Crippen LogP contribution in [0.2, 0.25) is 0 Å². The summed E-state index contributed by atoms with van der Waals surface area (Å²) in [5.41, 5.74) is 6.60. The van der Waals surface area contributed by atoms with Crippen molar-refractivity contribution >= 4 is 24.2 Å². The van der Waals surface area contributed by atoms with Crippen LogP contribution in [0.25, 0.3) is 0 Å². The largest absolute Gasteiger partial charge is 0.481 e. The van der Waals surface area contributed by atoms with Crippen molar-refractivity contribution in [2.45, 2.75) is 51.2 Å². The lowest BCUT2D eigenvalue weighted by Gasteiger charge is -2.39. The quantitative estimate of drug-likeness (QED) is 0.847.